The fourth-order valence-electron chi connectivity index (χ4n) is 9.01. The van der Waals surface area contributed by atoms with E-state index in [2.05, 4.69) is 87.1 Å². The van der Waals surface area contributed by atoms with E-state index in [9.17, 15) is 14.4 Å². The third kappa shape index (κ3) is 8.91. The first-order chi connectivity index (χ1) is 30.8. The number of pyridine rings is 1. The Bertz CT molecular complexity index is 2670. The van der Waals surface area contributed by atoms with E-state index in [1.165, 1.54) is 17.4 Å². The van der Waals surface area contributed by atoms with Crippen molar-refractivity contribution in [3.8, 4) is 22.4 Å². The number of aromatic amines is 1. The molecule has 3 fully saturated rings. The topological polar surface area (TPSA) is 169 Å². The number of urea groups is 1. The van der Waals surface area contributed by atoms with Crippen molar-refractivity contribution in [2.75, 3.05) is 67.1 Å². The molecule has 3 aliphatic heterocycles. The molecule has 0 aliphatic carbocycles. The van der Waals surface area contributed by atoms with Crippen LogP contribution in [0.5, 0.6) is 0 Å². The molecule has 64 heavy (non-hydrogen) atoms. The van der Waals surface area contributed by atoms with Gasteiger partial charge in [0.2, 0.25) is 5.91 Å². The highest BCUT2D eigenvalue weighted by molar-refractivity contribution is 6.05. The second-order valence-electron chi connectivity index (χ2n) is 18.3. The van der Waals surface area contributed by atoms with E-state index >= 15 is 4.39 Å². The number of halogens is 1. The minimum Gasteiger partial charge on any atom is -0.372 e. The van der Waals surface area contributed by atoms with Crippen LogP contribution in [-0.4, -0.2) is 100 Å². The number of benzene rings is 3. The summed E-state index contributed by atoms with van der Waals surface area (Å²) >= 11 is 0. The average molecular weight is 868 g/mol. The number of aryl methyl sites for hydroxylation is 1. The van der Waals surface area contributed by atoms with Crippen LogP contribution in [0.4, 0.5) is 26.2 Å². The van der Waals surface area contributed by atoms with Gasteiger partial charge in [-0.3, -0.25) is 29.8 Å². The predicted octanol–water partition coefficient (Wildman–Crippen LogP) is 7.40. The zero-order valence-corrected chi connectivity index (χ0v) is 36.9. The molecule has 0 bridgehead atoms. The van der Waals surface area contributed by atoms with Crippen LogP contribution >= 0.6 is 0 Å². The summed E-state index contributed by atoms with van der Waals surface area (Å²) in [6.07, 6.45) is 4.41. The van der Waals surface area contributed by atoms with E-state index in [1.807, 2.05) is 52.1 Å². The quantitative estimate of drug-likeness (QED) is 0.126. The second kappa shape index (κ2) is 17.5. The fourth-order valence-corrected chi connectivity index (χ4v) is 9.01. The molecule has 0 spiro atoms. The van der Waals surface area contributed by atoms with Gasteiger partial charge < -0.3 is 19.6 Å². The Morgan fingerprint density at radius 2 is 1.56 bits per heavy atom. The highest BCUT2D eigenvalue weighted by Gasteiger charge is 2.28. The molecule has 4 amide bonds. The van der Waals surface area contributed by atoms with Gasteiger partial charge in [-0.2, -0.15) is 10.1 Å². The summed E-state index contributed by atoms with van der Waals surface area (Å²) in [4.78, 5) is 54.7. The van der Waals surface area contributed by atoms with E-state index in [1.54, 1.807) is 17.9 Å². The van der Waals surface area contributed by atoms with Crippen LogP contribution in [-0.2, 0) is 10.2 Å². The number of carbonyl (C=O) groups excluding carboxylic acids is 3. The van der Waals surface area contributed by atoms with Gasteiger partial charge in [-0.1, -0.05) is 38.1 Å². The van der Waals surface area contributed by atoms with Crippen LogP contribution in [0.25, 0.3) is 33.4 Å². The van der Waals surface area contributed by atoms with Crippen molar-refractivity contribution in [2.24, 2.45) is 5.92 Å². The monoisotopic (exact) mass is 867 g/mol. The van der Waals surface area contributed by atoms with Crippen molar-refractivity contribution in [3.05, 3.63) is 102 Å². The number of amides is 4. The first-order valence-corrected chi connectivity index (χ1v) is 22.1. The maximum Gasteiger partial charge on any atom is 0.328 e. The lowest BCUT2D eigenvalue weighted by atomic mass is 9.95. The molecule has 3 N–H and O–H groups in total. The Kier molecular flexibility index (Phi) is 11.6. The van der Waals surface area contributed by atoms with E-state index < -0.39 is 17.8 Å². The number of piperazine rings is 1. The number of aromatic nitrogens is 5. The number of imide groups is 1. The van der Waals surface area contributed by atoms with Gasteiger partial charge in [0.15, 0.2) is 11.5 Å². The Labute approximate surface area is 371 Å². The molecular weight excluding hydrogens is 814 g/mol. The Morgan fingerprint density at radius 1 is 0.891 bits per heavy atom. The number of hydrogen-bond acceptors (Lipinski definition) is 11. The average Bonchev–Trinajstić information content (AvgIpc) is 3.97. The molecule has 0 saturated carbocycles. The number of rotatable bonds is 10. The number of anilines is 3. The van der Waals surface area contributed by atoms with Crippen LogP contribution in [0.3, 0.4) is 0 Å². The van der Waals surface area contributed by atoms with Crippen molar-refractivity contribution in [1.82, 2.24) is 40.9 Å². The Morgan fingerprint density at radius 3 is 2.23 bits per heavy atom. The van der Waals surface area contributed by atoms with E-state index in [0.29, 0.717) is 52.6 Å². The highest BCUT2D eigenvalue weighted by atomic mass is 19.1. The van der Waals surface area contributed by atoms with Crippen LogP contribution in [0, 0.1) is 18.7 Å². The lowest BCUT2D eigenvalue weighted by molar-refractivity contribution is -0.120. The maximum atomic E-state index is 16.0. The standard InChI is InChI=1S/C48H54FN11O4/c1-29-24-38(40(49)26-37(29)30(2)51-44(62)45-53-46(56-64-45)48(3,4)5)42-39-25-33(27-50-43(39)55-54-42)32-6-8-34(9-7-32)59-22-20-57(21-23-59)28-31-14-17-58(18-15-31)35-10-12-36(13-11-35)60-19-16-41(61)52-47(60)63/h6-13,24-27,30-31H,14-23,28H2,1-5H3,(H,51,62)(H,50,54,55)(H,52,61,63)/t30-/m1/s1. The van der Waals surface area contributed by atoms with Gasteiger partial charge in [-0.15, -0.1) is 0 Å². The summed E-state index contributed by atoms with van der Waals surface area (Å²) in [6, 6.07) is 21.0. The Balaban J connectivity index is 0.780. The van der Waals surface area contributed by atoms with Crippen molar-refractivity contribution in [1.29, 1.82) is 0 Å². The summed E-state index contributed by atoms with van der Waals surface area (Å²) in [5, 5.41) is 17.3. The zero-order chi connectivity index (χ0) is 44.7. The van der Waals surface area contributed by atoms with E-state index in [-0.39, 0.29) is 23.2 Å². The summed E-state index contributed by atoms with van der Waals surface area (Å²) in [6.45, 7) is 17.0. The van der Waals surface area contributed by atoms with Crippen LogP contribution in [0.1, 0.15) is 80.6 Å². The molecule has 332 valence electrons. The van der Waals surface area contributed by atoms with E-state index in [4.69, 9.17) is 4.52 Å². The van der Waals surface area contributed by atoms with Crippen molar-refractivity contribution >= 4 is 45.9 Å². The molecule has 3 aromatic heterocycles. The number of carbonyl (C=O) groups is 3. The number of nitrogens with one attached hydrogen (secondary N) is 3. The molecule has 3 saturated heterocycles. The summed E-state index contributed by atoms with van der Waals surface area (Å²) in [7, 11) is 0. The lowest BCUT2D eigenvalue weighted by Crippen LogP contribution is -2.49. The minimum absolute atomic E-state index is 0.138. The molecule has 0 radical (unpaired) electrons. The molecule has 1 atom stereocenters. The van der Waals surface area contributed by atoms with Gasteiger partial charge in [-0.25, -0.2) is 14.2 Å². The predicted molar refractivity (Wildman–Crippen MR) is 244 cm³/mol. The first kappa shape index (κ1) is 42.6. The van der Waals surface area contributed by atoms with E-state index in [0.717, 1.165) is 81.0 Å². The largest absolute Gasteiger partial charge is 0.372 e. The third-order valence-electron chi connectivity index (χ3n) is 12.8. The van der Waals surface area contributed by atoms with Gasteiger partial charge in [-0.05, 0) is 104 Å². The third-order valence-corrected chi connectivity index (χ3v) is 12.8. The number of H-pyrrole nitrogens is 1. The zero-order valence-electron chi connectivity index (χ0n) is 36.9. The maximum absolute atomic E-state index is 16.0. The number of piperidine rings is 1. The second-order valence-corrected chi connectivity index (χ2v) is 18.3. The summed E-state index contributed by atoms with van der Waals surface area (Å²) in [5.41, 5.74) is 7.47. The molecule has 15 nitrogen and oxygen atoms in total. The molecule has 6 aromatic rings. The summed E-state index contributed by atoms with van der Waals surface area (Å²) < 4.78 is 21.2. The number of fused-ring (bicyclic) bond motifs is 1. The SMILES string of the molecule is Cc1cc(-c2n[nH]c3ncc(-c4ccc(N5CCN(CC6CCN(c7ccc(N8CCC(=O)NC8=O)cc7)CC6)CC5)cc4)cc23)c(F)cc1[C@@H](C)NC(=O)c1nc(C(C)(C)C)no1. The first-order valence-electron chi connectivity index (χ1n) is 22.1. The number of nitrogens with zero attached hydrogens (tertiary/aromatic N) is 8. The molecule has 3 aromatic carbocycles. The van der Waals surface area contributed by atoms with Gasteiger partial charge >= 0.3 is 17.8 Å². The molecular formula is C48H54FN11O4. The summed E-state index contributed by atoms with van der Waals surface area (Å²) in [5.74, 6) is -0.264. The van der Waals surface area contributed by atoms with Gasteiger partial charge in [0.25, 0.3) is 0 Å². The normalized spacial score (nSPS) is 17.2. The van der Waals surface area contributed by atoms with Crippen LogP contribution in [0.15, 0.2) is 77.4 Å². The van der Waals surface area contributed by atoms with Crippen molar-refractivity contribution in [3.63, 3.8) is 0 Å². The van der Waals surface area contributed by atoms with Crippen LogP contribution in [0.2, 0.25) is 0 Å². The molecule has 9 rings (SSSR count). The lowest BCUT2D eigenvalue weighted by Gasteiger charge is -2.40. The smallest absolute Gasteiger partial charge is 0.328 e. The van der Waals surface area contributed by atoms with Gasteiger partial charge in [0, 0.05) is 104 Å². The van der Waals surface area contributed by atoms with Crippen molar-refractivity contribution < 1.29 is 23.3 Å². The molecule has 6 heterocycles. The molecule has 0 unspecified atom stereocenters. The minimum atomic E-state index is -0.529. The fraction of sp³-hybridized carbons (Fsp3) is 0.396. The van der Waals surface area contributed by atoms with Gasteiger partial charge in [0.1, 0.15) is 11.5 Å². The highest BCUT2D eigenvalue weighted by Crippen LogP contribution is 2.35. The Hall–Kier alpha value is -6.68. The molecule has 16 heteroatoms. The van der Waals surface area contributed by atoms with Crippen molar-refractivity contribution in [2.45, 2.75) is 65.3 Å². The molecule has 3 aliphatic rings. The van der Waals surface area contributed by atoms with Gasteiger partial charge in [0.05, 0.1) is 6.04 Å². The number of hydrogen-bond donors (Lipinski definition) is 3. The van der Waals surface area contributed by atoms with Crippen LogP contribution < -0.4 is 25.3 Å².